The molecule has 2 aromatic carbocycles. The van der Waals surface area contributed by atoms with E-state index in [1.165, 1.54) is 11.8 Å². The number of hydrogen-bond donors (Lipinski definition) is 1. The van der Waals surface area contributed by atoms with Gasteiger partial charge in [-0.15, -0.1) is 11.8 Å². The summed E-state index contributed by atoms with van der Waals surface area (Å²) in [4.78, 5) is 45.9. The number of benzene rings is 2. The van der Waals surface area contributed by atoms with E-state index in [0.29, 0.717) is 13.0 Å². The first-order valence-electron chi connectivity index (χ1n) is 13.4. The number of cyclic esters (lactones) is 1. The van der Waals surface area contributed by atoms with Gasteiger partial charge in [-0.1, -0.05) is 66.8 Å². The van der Waals surface area contributed by atoms with Crippen molar-refractivity contribution < 1.29 is 24.2 Å². The van der Waals surface area contributed by atoms with Gasteiger partial charge >= 0.3 is 5.97 Å². The van der Waals surface area contributed by atoms with E-state index in [9.17, 15) is 19.5 Å². The van der Waals surface area contributed by atoms with E-state index in [0.717, 1.165) is 22.4 Å². The Labute approximate surface area is 232 Å². The molecule has 2 saturated heterocycles. The highest BCUT2D eigenvalue weighted by atomic mass is 32.2. The van der Waals surface area contributed by atoms with Crippen LogP contribution < -0.4 is 4.90 Å². The van der Waals surface area contributed by atoms with Gasteiger partial charge in [0.25, 0.3) is 5.91 Å². The van der Waals surface area contributed by atoms with E-state index in [1.807, 2.05) is 86.7 Å². The van der Waals surface area contributed by atoms with Crippen molar-refractivity contribution in [1.29, 1.82) is 0 Å². The third kappa shape index (κ3) is 4.03. The van der Waals surface area contributed by atoms with Crippen molar-refractivity contribution in [3.05, 3.63) is 89.5 Å². The zero-order valence-corrected chi connectivity index (χ0v) is 22.8. The fourth-order valence-corrected chi connectivity index (χ4v) is 8.63. The first-order valence-corrected chi connectivity index (χ1v) is 14.3. The molecule has 0 aromatic heterocycles. The summed E-state index contributed by atoms with van der Waals surface area (Å²) in [7, 11) is 0. The quantitative estimate of drug-likeness (QED) is 0.466. The van der Waals surface area contributed by atoms with Crippen molar-refractivity contribution in [2.24, 2.45) is 11.8 Å². The lowest BCUT2D eigenvalue weighted by Crippen LogP contribution is -2.54. The van der Waals surface area contributed by atoms with Gasteiger partial charge in [-0.25, -0.2) is 0 Å². The fraction of sp³-hybridized carbons (Fsp3) is 0.387. The number of fused-ring (bicyclic) bond motifs is 2. The zero-order valence-electron chi connectivity index (χ0n) is 22.0. The Kier molecular flexibility index (Phi) is 6.63. The first kappa shape index (κ1) is 25.9. The summed E-state index contributed by atoms with van der Waals surface area (Å²) in [6.07, 6.45) is 8.56. The minimum atomic E-state index is -0.980. The van der Waals surface area contributed by atoms with Gasteiger partial charge in [0.1, 0.15) is 6.04 Å². The minimum Gasteiger partial charge on any atom is -0.465 e. The fourth-order valence-electron chi connectivity index (χ4n) is 6.64. The molecule has 2 aromatic rings. The lowest BCUT2D eigenvalue weighted by molar-refractivity contribution is -0.153. The number of thioether (sulfide) groups is 1. The highest BCUT2D eigenvalue weighted by molar-refractivity contribution is 8.02. The predicted octanol–water partition coefficient (Wildman–Crippen LogP) is 3.74. The van der Waals surface area contributed by atoms with E-state index in [4.69, 9.17) is 4.74 Å². The molecule has 4 aliphatic heterocycles. The van der Waals surface area contributed by atoms with Crippen LogP contribution in [0.25, 0.3) is 0 Å². The number of carbonyl (C=O) groups is 3. The summed E-state index contributed by atoms with van der Waals surface area (Å²) in [6, 6.07) is 13.7. The van der Waals surface area contributed by atoms with Crippen molar-refractivity contribution in [2.75, 3.05) is 24.7 Å². The maximum atomic E-state index is 14.7. The van der Waals surface area contributed by atoms with Crippen molar-refractivity contribution in [3.63, 3.8) is 0 Å². The van der Waals surface area contributed by atoms with Crippen molar-refractivity contribution in [2.45, 2.75) is 42.3 Å². The summed E-state index contributed by atoms with van der Waals surface area (Å²) in [5, 5.41) is 10.4. The molecule has 202 valence electrons. The Bertz CT molecular complexity index is 1370. The number of anilines is 1. The smallest absolute Gasteiger partial charge is 0.311 e. The van der Waals surface area contributed by atoms with E-state index in [-0.39, 0.29) is 30.3 Å². The Balaban J connectivity index is 1.53. The second-order valence-corrected chi connectivity index (χ2v) is 12.2. The van der Waals surface area contributed by atoms with Crippen LogP contribution in [0.15, 0.2) is 72.8 Å². The van der Waals surface area contributed by atoms with E-state index in [1.54, 1.807) is 9.80 Å². The number of hydrogen-bond acceptors (Lipinski definition) is 6. The van der Waals surface area contributed by atoms with Gasteiger partial charge in [-0.05, 0) is 43.0 Å². The second-order valence-electron chi connectivity index (χ2n) is 10.7. The van der Waals surface area contributed by atoms with Gasteiger partial charge in [0.05, 0.1) is 35.8 Å². The van der Waals surface area contributed by atoms with E-state index < -0.39 is 34.6 Å². The SMILES string of the molecule is Cc1ccc(C)c(N2CC=C[C@]34S[C@H]5C=CCCOC(=O)[C@H]5[C@H]3C(=O)N([C@H](CO)c3ccccc3)C4C2=O)c1. The van der Waals surface area contributed by atoms with Crippen molar-refractivity contribution >= 4 is 35.2 Å². The average molecular weight is 545 g/mol. The van der Waals surface area contributed by atoms with Gasteiger partial charge in [-0.3, -0.25) is 14.4 Å². The molecule has 0 bridgehead atoms. The molecule has 6 rings (SSSR count). The first-order chi connectivity index (χ1) is 18.9. The van der Waals surface area contributed by atoms with Crippen LogP contribution in [0.2, 0.25) is 0 Å². The molecule has 7 nitrogen and oxygen atoms in total. The molecular weight excluding hydrogens is 512 g/mol. The van der Waals surface area contributed by atoms with Crippen LogP contribution in [0.1, 0.15) is 29.2 Å². The summed E-state index contributed by atoms with van der Waals surface area (Å²) in [5.41, 5.74) is 3.53. The minimum absolute atomic E-state index is 0.210. The molecule has 39 heavy (non-hydrogen) atoms. The van der Waals surface area contributed by atoms with E-state index >= 15 is 0 Å². The molecule has 0 radical (unpaired) electrons. The number of likely N-dealkylation sites (tertiary alicyclic amines) is 1. The Morgan fingerprint density at radius 2 is 1.87 bits per heavy atom. The Morgan fingerprint density at radius 1 is 1.08 bits per heavy atom. The van der Waals surface area contributed by atoms with Crippen LogP contribution >= 0.6 is 11.8 Å². The van der Waals surface area contributed by atoms with Gasteiger partial charge in [0, 0.05) is 17.5 Å². The molecule has 8 heteroatoms. The molecule has 0 aliphatic carbocycles. The summed E-state index contributed by atoms with van der Waals surface area (Å²) >= 11 is 1.51. The number of aryl methyl sites for hydroxylation is 2. The third-order valence-corrected chi connectivity index (χ3v) is 10.2. The van der Waals surface area contributed by atoms with Gasteiger partial charge in [0.2, 0.25) is 5.91 Å². The zero-order chi connectivity index (χ0) is 27.3. The van der Waals surface area contributed by atoms with Crippen molar-refractivity contribution in [1.82, 2.24) is 4.90 Å². The summed E-state index contributed by atoms with van der Waals surface area (Å²) in [5.74, 6) is -2.41. The molecule has 6 atom stereocenters. The second kappa shape index (κ2) is 9.99. The number of nitrogens with zero attached hydrogens (tertiary/aromatic N) is 2. The molecule has 2 amide bonds. The third-order valence-electron chi connectivity index (χ3n) is 8.41. The molecular formula is C31H32N2O5S. The number of esters is 1. The van der Waals surface area contributed by atoms with Gasteiger partial charge in [0.15, 0.2) is 0 Å². The van der Waals surface area contributed by atoms with Crippen LogP contribution in [0.4, 0.5) is 5.69 Å². The molecule has 4 aliphatic rings. The number of rotatable bonds is 4. The van der Waals surface area contributed by atoms with Gasteiger partial charge in [-0.2, -0.15) is 0 Å². The standard InChI is InChI=1S/C31H32N2O5S/c1-19-12-13-20(2)22(17-19)32-15-8-14-31-26(25-24(39-31)11-6-7-16-38-30(25)37)28(35)33(27(31)29(32)36)23(18-34)21-9-4-3-5-10-21/h3-6,8-14,17,23-27,34H,7,15-16,18H2,1-2H3/t23-,24+,25-,26+,27?,31+/m1/s1. The number of ether oxygens (including phenoxy) is 1. The Morgan fingerprint density at radius 3 is 2.64 bits per heavy atom. The normalized spacial score (nSPS) is 30.7. The summed E-state index contributed by atoms with van der Waals surface area (Å²) < 4.78 is 4.59. The molecule has 1 unspecified atom stereocenters. The van der Waals surface area contributed by atoms with E-state index in [2.05, 4.69) is 0 Å². The van der Waals surface area contributed by atoms with Gasteiger partial charge < -0.3 is 19.6 Å². The monoisotopic (exact) mass is 544 g/mol. The topological polar surface area (TPSA) is 87.2 Å². The van der Waals surface area contributed by atoms with Crippen LogP contribution in [-0.4, -0.2) is 63.6 Å². The highest BCUT2D eigenvalue weighted by Crippen LogP contribution is 2.62. The lowest BCUT2D eigenvalue weighted by Gasteiger charge is -2.39. The maximum Gasteiger partial charge on any atom is 0.311 e. The number of aliphatic hydroxyl groups excluding tert-OH is 1. The van der Waals surface area contributed by atoms with Crippen molar-refractivity contribution in [3.8, 4) is 0 Å². The van der Waals surface area contributed by atoms with Crippen LogP contribution in [0.5, 0.6) is 0 Å². The highest BCUT2D eigenvalue weighted by Gasteiger charge is 2.72. The number of carbonyl (C=O) groups excluding carboxylic acids is 3. The van der Waals surface area contributed by atoms with Crippen LogP contribution in [0, 0.1) is 25.7 Å². The molecule has 2 fully saturated rings. The Hall–Kier alpha value is -3.36. The largest absolute Gasteiger partial charge is 0.465 e. The number of amides is 2. The molecule has 0 saturated carbocycles. The summed E-state index contributed by atoms with van der Waals surface area (Å²) in [6.45, 7) is 4.23. The average Bonchev–Trinajstić information content (AvgIpc) is 3.30. The number of aliphatic hydroxyl groups is 1. The lowest BCUT2D eigenvalue weighted by atomic mass is 9.78. The van der Waals surface area contributed by atoms with Crippen LogP contribution in [0.3, 0.4) is 0 Å². The van der Waals surface area contributed by atoms with Crippen LogP contribution in [-0.2, 0) is 19.1 Å². The maximum absolute atomic E-state index is 14.7. The molecule has 1 spiro atoms. The molecule has 4 heterocycles. The predicted molar refractivity (Wildman–Crippen MR) is 150 cm³/mol. The molecule has 1 N–H and O–H groups in total.